The summed E-state index contributed by atoms with van der Waals surface area (Å²) in [5, 5.41) is 3.21. The van der Waals surface area contributed by atoms with Crippen LogP contribution in [0.2, 0.25) is 5.02 Å². The number of halogens is 2. The Labute approximate surface area is 200 Å². The van der Waals surface area contributed by atoms with Crippen molar-refractivity contribution in [1.29, 1.82) is 0 Å². The molecule has 2 amide bonds. The number of oxazole rings is 1. The molecule has 2 heterocycles. The number of nitrogens with zero attached hydrogens (tertiary/aromatic N) is 2. The van der Waals surface area contributed by atoms with Crippen molar-refractivity contribution < 1.29 is 18.4 Å². The number of benzene rings is 3. The van der Waals surface area contributed by atoms with Crippen LogP contribution >= 0.6 is 11.6 Å². The minimum atomic E-state index is -0.424. The molecule has 0 spiro atoms. The van der Waals surface area contributed by atoms with E-state index < -0.39 is 5.82 Å². The number of nitrogens with one attached hydrogen (secondary N) is 1. The summed E-state index contributed by atoms with van der Waals surface area (Å²) in [7, 11) is 0. The van der Waals surface area contributed by atoms with Crippen molar-refractivity contribution in [2.75, 3.05) is 16.8 Å². The van der Waals surface area contributed by atoms with Crippen molar-refractivity contribution in [3.8, 4) is 22.8 Å². The molecular weight excluding hydrogens is 457 g/mol. The number of hydrogen-bond acceptors (Lipinski definition) is 4. The van der Waals surface area contributed by atoms with Crippen LogP contribution in [0.25, 0.3) is 22.8 Å². The molecule has 1 aliphatic heterocycles. The Kier molecular flexibility index (Phi) is 5.86. The highest BCUT2D eigenvalue weighted by molar-refractivity contribution is 6.34. The van der Waals surface area contributed by atoms with Gasteiger partial charge in [0.2, 0.25) is 11.8 Å². The molecular formula is C26H19ClFN3O3. The molecule has 1 N–H and O–H groups in total. The lowest BCUT2D eigenvalue weighted by Crippen LogP contribution is -2.24. The monoisotopic (exact) mass is 475 g/mol. The summed E-state index contributed by atoms with van der Waals surface area (Å²) in [4.78, 5) is 31.0. The molecule has 5 rings (SSSR count). The Morgan fingerprint density at radius 2 is 1.82 bits per heavy atom. The molecule has 34 heavy (non-hydrogen) atoms. The fraction of sp³-hybridized carbons (Fsp3) is 0.115. The normalized spacial score (nSPS) is 13.4. The van der Waals surface area contributed by atoms with Gasteiger partial charge in [0, 0.05) is 24.2 Å². The third-order valence-corrected chi connectivity index (χ3v) is 5.92. The van der Waals surface area contributed by atoms with E-state index in [1.54, 1.807) is 65.6 Å². The van der Waals surface area contributed by atoms with Crippen LogP contribution in [0.4, 0.5) is 15.8 Å². The maximum atomic E-state index is 14.1. The molecule has 0 radical (unpaired) electrons. The maximum absolute atomic E-state index is 14.1. The van der Waals surface area contributed by atoms with Gasteiger partial charge in [0.05, 0.1) is 28.0 Å². The molecule has 1 aliphatic rings. The first-order valence-corrected chi connectivity index (χ1v) is 11.1. The van der Waals surface area contributed by atoms with Gasteiger partial charge in [-0.05, 0) is 48.9 Å². The molecule has 6 nitrogen and oxygen atoms in total. The lowest BCUT2D eigenvalue weighted by atomic mass is 10.1. The van der Waals surface area contributed by atoms with Crippen LogP contribution in [-0.4, -0.2) is 23.3 Å². The van der Waals surface area contributed by atoms with E-state index in [4.69, 9.17) is 16.0 Å². The molecule has 3 aromatic carbocycles. The largest absolute Gasteiger partial charge is 0.436 e. The zero-order valence-electron chi connectivity index (χ0n) is 17.9. The van der Waals surface area contributed by atoms with Gasteiger partial charge in [-0.2, -0.15) is 0 Å². The third-order valence-electron chi connectivity index (χ3n) is 5.62. The predicted molar refractivity (Wildman–Crippen MR) is 128 cm³/mol. The number of rotatable bonds is 5. The SMILES string of the molecule is O=C(Nc1ccc(N2CCCC2=O)c(Cl)c1)c1ccccc1-c1ncc(-c2ccccc2F)o1. The maximum Gasteiger partial charge on any atom is 0.256 e. The lowest BCUT2D eigenvalue weighted by Gasteiger charge is -2.18. The van der Waals surface area contributed by atoms with E-state index in [9.17, 15) is 14.0 Å². The van der Waals surface area contributed by atoms with Crippen molar-refractivity contribution >= 4 is 34.8 Å². The summed E-state index contributed by atoms with van der Waals surface area (Å²) in [6.07, 6.45) is 2.73. The number of amides is 2. The van der Waals surface area contributed by atoms with Gasteiger partial charge in [-0.25, -0.2) is 9.37 Å². The molecule has 8 heteroatoms. The van der Waals surface area contributed by atoms with E-state index in [1.807, 2.05) is 0 Å². The molecule has 0 atom stereocenters. The van der Waals surface area contributed by atoms with Crippen molar-refractivity contribution in [3.05, 3.63) is 89.3 Å². The molecule has 0 aliphatic carbocycles. The van der Waals surface area contributed by atoms with Crippen LogP contribution in [-0.2, 0) is 4.79 Å². The smallest absolute Gasteiger partial charge is 0.256 e. The summed E-state index contributed by atoms with van der Waals surface area (Å²) in [6.45, 7) is 0.628. The first kappa shape index (κ1) is 21.9. The van der Waals surface area contributed by atoms with Crippen LogP contribution < -0.4 is 10.2 Å². The van der Waals surface area contributed by atoms with Crippen molar-refractivity contribution in [3.63, 3.8) is 0 Å². The highest BCUT2D eigenvalue weighted by Gasteiger charge is 2.24. The Morgan fingerprint density at radius 3 is 2.56 bits per heavy atom. The molecule has 4 aromatic rings. The zero-order valence-corrected chi connectivity index (χ0v) is 18.7. The minimum Gasteiger partial charge on any atom is -0.436 e. The van der Waals surface area contributed by atoms with E-state index in [0.29, 0.717) is 40.5 Å². The molecule has 1 aromatic heterocycles. The molecule has 1 saturated heterocycles. The summed E-state index contributed by atoms with van der Waals surface area (Å²) >= 11 is 6.40. The van der Waals surface area contributed by atoms with Gasteiger partial charge in [-0.3, -0.25) is 9.59 Å². The second-order valence-electron chi connectivity index (χ2n) is 7.82. The van der Waals surface area contributed by atoms with Gasteiger partial charge in [0.25, 0.3) is 5.91 Å². The number of hydrogen-bond donors (Lipinski definition) is 1. The Balaban J connectivity index is 1.40. The summed E-state index contributed by atoms with van der Waals surface area (Å²) in [6, 6.07) is 18.1. The van der Waals surface area contributed by atoms with Gasteiger partial charge in [0.15, 0.2) is 5.76 Å². The number of carbonyl (C=O) groups excluding carboxylic acids is 2. The van der Waals surface area contributed by atoms with Gasteiger partial charge >= 0.3 is 0 Å². The average molecular weight is 476 g/mol. The van der Waals surface area contributed by atoms with Crippen molar-refractivity contribution in [2.45, 2.75) is 12.8 Å². The number of anilines is 2. The molecule has 0 unspecified atom stereocenters. The van der Waals surface area contributed by atoms with Crippen LogP contribution in [0.15, 0.2) is 77.3 Å². The van der Waals surface area contributed by atoms with E-state index >= 15 is 0 Å². The third kappa shape index (κ3) is 4.18. The molecule has 1 fully saturated rings. The standard InChI is InChI=1S/C26H19ClFN3O3/c27-20-14-16(11-12-22(20)31-13-5-10-24(31)32)30-25(33)17-6-1-2-7-18(17)26-29-15-23(34-26)19-8-3-4-9-21(19)28/h1-4,6-9,11-12,14-15H,5,10,13H2,(H,30,33). The number of aromatic nitrogens is 1. The molecule has 0 bridgehead atoms. The van der Waals surface area contributed by atoms with Crippen LogP contribution in [0.3, 0.4) is 0 Å². The first-order chi connectivity index (χ1) is 16.5. The lowest BCUT2D eigenvalue weighted by molar-refractivity contribution is -0.117. The highest BCUT2D eigenvalue weighted by Crippen LogP contribution is 2.33. The summed E-state index contributed by atoms with van der Waals surface area (Å²) in [5.41, 5.74) is 2.20. The Hall–Kier alpha value is -3.97. The van der Waals surface area contributed by atoms with E-state index in [-0.39, 0.29) is 29.0 Å². The van der Waals surface area contributed by atoms with E-state index in [1.165, 1.54) is 12.3 Å². The van der Waals surface area contributed by atoms with Crippen LogP contribution in [0.5, 0.6) is 0 Å². The first-order valence-electron chi connectivity index (χ1n) is 10.7. The summed E-state index contributed by atoms with van der Waals surface area (Å²) < 4.78 is 19.9. The highest BCUT2D eigenvalue weighted by atomic mass is 35.5. The minimum absolute atomic E-state index is 0.0355. The second-order valence-corrected chi connectivity index (χ2v) is 8.23. The predicted octanol–water partition coefficient (Wildman–Crippen LogP) is 6.18. The van der Waals surface area contributed by atoms with Gasteiger partial charge in [0.1, 0.15) is 5.82 Å². The quantitative estimate of drug-likeness (QED) is 0.374. The van der Waals surface area contributed by atoms with Crippen LogP contribution in [0, 0.1) is 5.82 Å². The topological polar surface area (TPSA) is 75.4 Å². The Morgan fingerprint density at radius 1 is 1.06 bits per heavy atom. The average Bonchev–Trinajstić information content (AvgIpc) is 3.49. The fourth-order valence-corrected chi connectivity index (χ4v) is 4.24. The van der Waals surface area contributed by atoms with E-state index in [0.717, 1.165) is 6.42 Å². The Bertz CT molecular complexity index is 1400. The van der Waals surface area contributed by atoms with Crippen molar-refractivity contribution in [1.82, 2.24) is 4.98 Å². The summed E-state index contributed by atoms with van der Waals surface area (Å²) in [5.74, 6) is -0.310. The van der Waals surface area contributed by atoms with Gasteiger partial charge in [-0.15, -0.1) is 0 Å². The van der Waals surface area contributed by atoms with Gasteiger partial charge < -0.3 is 14.6 Å². The zero-order chi connectivity index (χ0) is 23.7. The second kappa shape index (κ2) is 9.11. The van der Waals surface area contributed by atoms with E-state index in [2.05, 4.69) is 10.3 Å². The van der Waals surface area contributed by atoms with Crippen molar-refractivity contribution in [2.24, 2.45) is 0 Å². The molecule has 0 saturated carbocycles. The van der Waals surface area contributed by atoms with Crippen LogP contribution in [0.1, 0.15) is 23.2 Å². The fourth-order valence-electron chi connectivity index (χ4n) is 3.96. The molecule has 170 valence electrons. The van der Waals surface area contributed by atoms with Gasteiger partial charge in [-0.1, -0.05) is 35.9 Å². The number of carbonyl (C=O) groups is 2.